The van der Waals surface area contributed by atoms with Gasteiger partial charge in [0.25, 0.3) is 0 Å². The quantitative estimate of drug-likeness (QED) is 0.563. The number of nitrogens with one attached hydrogen (secondary N) is 1. The zero-order valence-corrected chi connectivity index (χ0v) is 15.9. The highest BCUT2D eigenvalue weighted by Gasteiger charge is 2.08. The predicted octanol–water partition coefficient (Wildman–Crippen LogP) is 4.09. The summed E-state index contributed by atoms with van der Waals surface area (Å²) in [4.78, 5) is 20.8. The topological polar surface area (TPSA) is 80.7 Å². The van der Waals surface area contributed by atoms with Gasteiger partial charge in [-0.25, -0.2) is 4.98 Å². The molecule has 0 saturated heterocycles. The molecule has 1 aromatic carbocycles. The van der Waals surface area contributed by atoms with Crippen LogP contribution in [-0.2, 0) is 11.2 Å². The number of amides is 1. The van der Waals surface area contributed by atoms with Crippen molar-refractivity contribution in [2.45, 2.75) is 13.3 Å². The van der Waals surface area contributed by atoms with Crippen LogP contribution in [-0.4, -0.2) is 26.1 Å². The zero-order chi connectivity index (χ0) is 20.1. The standard InChI is InChI=1S/C23H19N5O/c1-16-13-17(4-6-20(16)18-8-11-24-12-9-18)14-23(29)27-22-7-5-19(15-25-22)21-3-2-10-26-28-21/h2-13,15H,14H2,1H3,(H,25,27,29). The molecule has 3 aromatic heterocycles. The minimum atomic E-state index is -0.110. The number of hydrogen-bond donors (Lipinski definition) is 1. The molecule has 0 aliphatic heterocycles. The van der Waals surface area contributed by atoms with Gasteiger partial charge in [0.2, 0.25) is 5.91 Å². The molecule has 0 bridgehead atoms. The lowest BCUT2D eigenvalue weighted by Crippen LogP contribution is -2.15. The molecule has 0 fully saturated rings. The molecule has 6 heteroatoms. The molecular formula is C23H19N5O. The van der Waals surface area contributed by atoms with Crippen LogP contribution in [0.25, 0.3) is 22.4 Å². The Hall–Kier alpha value is -3.93. The molecule has 0 aliphatic carbocycles. The summed E-state index contributed by atoms with van der Waals surface area (Å²) in [5, 5.41) is 10.8. The third kappa shape index (κ3) is 4.50. The molecule has 29 heavy (non-hydrogen) atoms. The maximum Gasteiger partial charge on any atom is 0.229 e. The van der Waals surface area contributed by atoms with Gasteiger partial charge in [0, 0.05) is 30.4 Å². The average Bonchev–Trinajstić information content (AvgIpc) is 2.75. The van der Waals surface area contributed by atoms with E-state index in [1.54, 1.807) is 30.9 Å². The first kappa shape index (κ1) is 18.4. The van der Waals surface area contributed by atoms with Gasteiger partial charge in [0.15, 0.2) is 0 Å². The minimum Gasteiger partial charge on any atom is -0.310 e. The van der Waals surface area contributed by atoms with Crippen LogP contribution >= 0.6 is 0 Å². The van der Waals surface area contributed by atoms with Crippen molar-refractivity contribution < 1.29 is 4.79 Å². The maximum absolute atomic E-state index is 12.4. The first-order valence-electron chi connectivity index (χ1n) is 9.23. The number of hydrogen-bond acceptors (Lipinski definition) is 5. The molecular weight excluding hydrogens is 362 g/mol. The molecule has 1 N–H and O–H groups in total. The summed E-state index contributed by atoms with van der Waals surface area (Å²) in [6, 6.07) is 17.3. The van der Waals surface area contributed by atoms with Crippen LogP contribution in [0.5, 0.6) is 0 Å². The van der Waals surface area contributed by atoms with Crippen LogP contribution < -0.4 is 5.32 Å². The summed E-state index contributed by atoms with van der Waals surface area (Å²) < 4.78 is 0. The summed E-state index contributed by atoms with van der Waals surface area (Å²) in [7, 11) is 0. The fourth-order valence-corrected chi connectivity index (χ4v) is 3.14. The lowest BCUT2D eigenvalue weighted by Gasteiger charge is -2.09. The highest BCUT2D eigenvalue weighted by atomic mass is 16.1. The minimum absolute atomic E-state index is 0.110. The SMILES string of the molecule is Cc1cc(CC(=O)Nc2ccc(-c3cccnn3)cn2)ccc1-c1ccncc1. The van der Waals surface area contributed by atoms with E-state index in [0.717, 1.165) is 33.5 Å². The van der Waals surface area contributed by atoms with Gasteiger partial charge in [0.1, 0.15) is 5.82 Å². The van der Waals surface area contributed by atoms with Crippen LogP contribution in [0.1, 0.15) is 11.1 Å². The van der Waals surface area contributed by atoms with Gasteiger partial charge in [-0.15, -0.1) is 0 Å². The summed E-state index contributed by atoms with van der Waals surface area (Å²) >= 11 is 0. The van der Waals surface area contributed by atoms with Gasteiger partial charge in [-0.1, -0.05) is 18.2 Å². The molecule has 3 heterocycles. The Labute approximate surface area is 168 Å². The van der Waals surface area contributed by atoms with Crippen molar-refractivity contribution >= 4 is 11.7 Å². The van der Waals surface area contributed by atoms with Gasteiger partial charge >= 0.3 is 0 Å². The van der Waals surface area contributed by atoms with E-state index >= 15 is 0 Å². The molecule has 1 amide bonds. The number of carbonyl (C=O) groups is 1. The molecule has 0 atom stereocenters. The maximum atomic E-state index is 12.4. The Morgan fingerprint density at radius 3 is 2.52 bits per heavy atom. The highest BCUT2D eigenvalue weighted by molar-refractivity contribution is 5.91. The summed E-state index contributed by atoms with van der Waals surface area (Å²) in [6.45, 7) is 2.05. The largest absolute Gasteiger partial charge is 0.310 e. The van der Waals surface area contributed by atoms with Crippen LogP contribution in [0.4, 0.5) is 5.82 Å². The van der Waals surface area contributed by atoms with Crippen molar-refractivity contribution in [1.29, 1.82) is 0 Å². The van der Waals surface area contributed by atoms with Gasteiger partial charge in [0.05, 0.1) is 12.1 Å². The van der Waals surface area contributed by atoms with Gasteiger partial charge in [-0.3, -0.25) is 9.78 Å². The van der Waals surface area contributed by atoms with E-state index in [1.807, 2.05) is 55.5 Å². The van der Waals surface area contributed by atoms with E-state index in [1.165, 1.54) is 0 Å². The Morgan fingerprint density at radius 1 is 0.966 bits per heavy atom. The van der Waals surface area contributed by atoms with Crippen molar-refractivity contribution in [2.75, 3.05) is 5.32 Å². The van der Waals surface area contributed by atoms with Gasteiger partial charge in [-0.05, 0) is 65.6 Å². The molecule has 0 saturated carbocycles. The van der Waals surface area contributed by atoms with E-state index < -0.39 is 0 Å². The Bertz CT molecular complexity index is 1110. The van der Waals surface area contributed by atoms with E-state index in [0.29, 0.717) is 5.82 Å². The number of aromatic nitrogens is 4. The second kappa shape index (κ2) is 8.39. The second-order valence-electron chi connectivity index (χ2n) is 6.65. The third-order valence-electron chi connectivity index (χ3n) is 4.55. The number of benzene rings is 1. The Kier molecular flexibility index (Phi) is 5.33. The molecule has 142 valence electrons. The number of carbonyl (C=O) groups excluding carboxylic acids is 1. The molecule has 0 unspecified atom stereocenters. The van der Waals surface area contributed by atoms with Crippen molar-refractivity contribution in [3.63, 3.8) is 0 Å². The van der Waals surface area contributed by atoms with Gasteiger partial charge in [-0.2, -0.15) is 10.2 Å². The van der Waals surface area contributed by atoms with Crippen LogP contribution in [0.15, 0.2) is 79.4 Å². The molecule has 6 nitrogen and oxygen atoms in total. The first-order valence-corrected chi connectivity index (χ1v) is 9.23. The fraction of sp³-hybridized carbons (Fsp3) is 0.0870. The normalized spacial score (nSPS) is 10.5. The van der Waals surface area contributed by atoms with Crippen molar-refractivity contribution in [3.05, 3.63) is 90.5 Å². The summed E-state index contributed by atoms with van der Waals surface area (Å²) in [5.74, 6) is 0.397. The highest BCUT2D eigenvalue weighted by Crippen LogP contribution is 2.24. The molecule has 4 aromatic rings. The van der Waals surface area contributed by atoms with E-state index in [9.17, 15) is 4.79 Å². The lowest BCUT2D eigenvalue weighted by atomic mass is 9.98. The number of anilines is 1. The third-order valence-corrected chi connectivity index (χ3v) is 4.55. The average molecular weight is 381 g/mol. The predicted molar refractivity (Wildman–Crippen MR) is 112 cm³/mol. The Morgan fingerprint density at radius 2 is 1.83 bits per heavy atom. The molecule has 0 spiro atoms. The lowest BCUT2D eigenvalue weighted by molar-refractivity contribution is -0.115. The molecule has 0 radical (unpaired) electrons. The van der Waals surface area contributed by atoms with Gasteiger partial charge < -0.3 is 5.32 Å². The van der Waals surface area contributed by atoms with Crippen LogP contribution in [0.2, 0.25) is 0 Å². The number of nitrogens with zero attached hydrogens (tertiary/aromatic N) is 4. The van der Waals surface area contributed by atoms with Crippen molar-refractivity contribution in [1.82, 2.24) is 20.2 Å². The van der Waals surface area contributed by atoms with Crippen LogP contribution in [0.3, 0.4) is 0 Å². The smallest absolute Gasteiger partial charge is 0.229 e. The van der Waals surface area contributed by atoms with E-state index in [4.69, 9.17) is 0 Å². The molecule has 4 rings (SSSR count). The number of aryl methyl sites for hydroxylation is 1. The molecule has 0 aliphatic rings. The fourth-order valence-electron chi connectivity index (χ4n) is 3.14. The number of rotatable bonds is 5. The summed E-state index contributed by atoms with van der Waals surface area (Å²) in [5.41, 5.74) is 5.90. The van der Waals surface area contributed by atoms with Crippen LogP contribution in [0, 0.1) is 6.92 Å². The summed E-state index contributed by atoms with van der Waals surface area (Å²) in [6.07, 6.45) is 7.13. The zero-order valence-electron chi connectivity index (χ0n) is 15.9. The first-order chi connectivity index (χ1) is 14.2. The van der Waals surface area contributed by atoms with Crippen molar-refractivity contribution in [3.8, 4) is 22.4 Å². The van der Waals surface area contributed by atoms with Crippen molar-refractivity contribution in [2.24, 2.45) is 0 Å². The van der Waals surface area contributed by atoms with E-state index in [2.05, 4.69) is 25.5 Å². The second-order valence-corrected chi connectivity index (χ2v) is 6.65. The Balaban J connectivity index is 1.41. The monoisotopic (exact) mass is 381 g/mol. The van der Waals surface area contributed by atoms with E-state index in [-0.39, 0.29) is 12.3 Å². The number of pyridine rings is 2.